The van der Waals surface area contributed by atoms with Crippen LogP contribution < -0.4 is 9.47 Å². The third kappa shape index (κ3) is 4.97. The molecule has 3 rings (SSSR count). The molecule has 6 nitrogen and oxygen atoms in total. The first-order chi connectivity index (χ1) is 13.5. The molecule has 1 saturated heterocycles. The Morgan fingerprint density at radius 2 is 1.86 bits per heavy atom. The standard InChI is InChI=1S/C22H34N2O4/c1-16-13-23(2)15-21(28-16)22(25)24(18-8-6-5-7-9-18)14-17-10-11-19(26-3)20(12-17)27-4/h10-12,16,18,21H,5-9,13-15H2,1-4H3/t16-,21-/m0/s1. The fourth-order valence-electron chi connectivity index (χ4n) is 4.44. The Morgan fingerprint density at radius 3 is 2.50 bits per heavy atom. The molecular weight excluding hydrogens is 356 g/mol. The summed E-state index contributed by atoms with van der Waals surface area (Å²) in [5, 5.41) is 0. The minimum atomic E-state index is -0.393. The molecule has 2 aliphatic rings. The molecule has 0 aromatic heterocycles. The zero-order chi connectivity index (χ0) is 20.1. The summed E-state index contributed by atoms with van der Waals surface area (Å²) in [7, 11) is 5.32. The van der Waals surface area contributed by atoms with E-state index in [9.17, 15) is 4.79 Å². The van der Waals surface area contributed by atoms with Gasteiger partial charge in [-0.2, -0.15) is 0 Å². The average Bonchev–Trinajstić information content (AvgIpc) is 2.71. The van der Waals surface area contributed by atoms with Crippen LogP contribution in [0, 0.1) is 0 Å². The lowest BCUT2D eigenvalue weighted by molar-refractivity contribution is -0.159. The highest BCUT2D eigenvalue weighted by molar-refractivity contribution is 5.81. The van der Waals surface area contributed by atoms with Crippen molar-refractivity contribution in [3.63, 3.8) is 0 Å². The van der Waals surface area contributed by atoms with Gasteiger partial charge < -0.3 is 24.0 Å². The summed E-state index contributed by atoms with van der Waals surface area (Å²) in [4.78, 5) is 17.7. The van der Waals surface area contributed by atoms with Gasteiger partial charge in [0.05, 0.1) is 20.3 Å². The van der Waals surface area contributed by atoms with E-state index in [2.05, 4.69) is 16.8 Å². The lowest BCUT2D eigenvalue weighted by atomic mass is 9.93. The summed E-state index contributed by atoms with van der Waals surface area (Å²) in [6.07, 6.45) is 5.44. The third-order valence-corrected chi connectivity index (χ3v) is 5.82. The summed E-state index contributed by atoms with van der Waals surface area (Å²) >= 11 is 0. The summed E-state index contributed by atoms with van der Waals surface area (Å²) in [6.45, 7) is 4.12. The van der Waals surface area contributed by atoms with E-state index < -0.39 is 6.10 Å². The van der Waals surface area contributed by atoms with Crippen molar-refractivity contribution in [3.05, 3.63) is 23.8 Å². The number of morpholine rings is 1. The summed E-state index contributed by atoms with van der Waals surface area (Å²) in [6, 6.07) is 6.17. The minimum absolute atomic E-state index is 0.0713. The molecule has 1 aromatic rings. The highest BCUT2D eigenvalue weighted by atomic mass is 16.5. The first kappa shape index (κ1) is 20.9. The second-order valence-corrected chi connectivity index (χ2v) is 8.10. The Balaban J connectivity index is 1.81. The van der Waals surface area contributed by atoms with Crippen molar-refractivity contribution < 1.29 is 19.0 Å². The van der Waals surface area contributed by atoms with Gasteiger partial charge in [0.15, 0.2) is 11.5 Å². The topological polar surface area (TPSA) is 51.2 Å². The predicted octanol–water partition coefficient (Wildman–Crippen LogP) is 3.08. The Morgan fingerprint density at radius 1 is 1.14 bits per heavy atom. The molecular formula is C22H34N2O4. The predicted molar refractivity (Wildman–Crippen MR) is 109 cm³/mol. The van der Waals surface area contributed by atoms with E-state index >= 15 is 0 Å². The van der Waals surface area contributed by atoms with Crippen molar-refractivity contribution in [2.45, 2.75) is 63.8 Å². The molecule has 0 spiro atoms. The zero-order valence-corrected chi connectivity index (χ0v) is 17.6. The van der Waals surface area contributed by atoms with E-state index in [1.54, 1.807) is 14.2 Å². The van der Waals surface area contributed by atoms with Crippen molar-refractivity contribution in [2.24, 2.45) is 0 Å². The third-order valence-electron chi connectivity index (χ3n) is 5.82. The van der Waals surface area contributed by atoms with E-state index in [-0.39, 0.29) is 18.1 Å². The number of nitrogens with zero attached hydrogens (tertiary/aromatic N) is 2. The first-order valence-corrected chi connectivity index (χ1v) is 10.4. The molecule has 0 N–H and O–H groups in total. The van der Waals surface area contributed by atoms with E-state index in [0.29, 0.717) is 24.6 Å². The molecule has 1 amide bonds. The van der Waals surface area contributed by atoms with Gasteiger partial charge in [-0.1, -0.05) is 25.3 Å². The Kier molecular flexibility index (Phi) is 7.18. The summed E-state index contributed by atoms with van der Waals surface area (Å²) < 4.78 is 16.8. The molecule has 156 valence electrons. The second-order valence-electron chi connectivity index (χ2n) is 8.10. The molecule has 1 heterocycles. The lowest BCUT2D eigenvalue weighted by Crippen LogP contribution is -2.54. The van der Waals surface area contributed by atoms with Crippen LogP contribution in [0.3, 0.4) is 0 Å². The van der Waals surface area contributed by atoms with Crippen molar-refractivity contribution in [3.8, 4) is 11.5 Å². The highest BCUT2D eigenvalue weighted by Gasteiger charge is 2.35. The summed E-state index contributed by atoms with van der Waals surface area (Å²) in [5.41, 5.74) is 1.05. The summed E-state index contributed by atoms with van der Waals surface area (Å²) in [5.74, 6) is 1.51. The van der Waals surface area contributed by atoms with Crippen molar-refractivity contribution in [1.82, 2.24) is 9.80 Å². The van der Waals surface area contributed by atoms with Crippen LogP contribution in [0.15, 0.2) is 18.2 Å². The maximum Gasteiger partial charge on any atom is 0.253 e. The van der Waals surface area contributed by atoms with Crippen molar-refractivity contribution in [1.29, 1.82) is 0 Å². The molecule has 0 unspecified atom stereocenters. The number of carbonyl (C=O) groups excluding carboxylic acids is 1. The zero-order valence-electron chi connectivity index (χ0n) is 17.6. The molecule has 28 heavy (non-hydrogen) atoms. The Labute approximate surface area is 168 Å². The van der Waals surface area contributed by atoms with Gasteiger partial charge >= 0.3 is 0 Å². The van der Waals surface area contributed by atoms with Crippen LogP contribution in [0.5, 0.6) is 11.5 Å². The maximum absolute atomic E-state index is 13.5. The van der Waals surface area contributed by atoms with Crippen LogP contribution in [0.2, 0.25) is 0 Å². The number of benzene rings is 1. The molecule has 0 bridgehead atoms. The molecule has 0 radical (unpaired) electrons. The number of carbonyl (C=O) groups is 1. The number of rotatable bonds is 6. The number of likely N-dealkylation sites (N-methyl/N-ethyl adjacent to an activating group) is 1. The Hall–Kier alpha value is -1.79. The number of hydrogen-bond acceptors (Lipinski definition) is 5. The van der Waals surface area contributed by atoms with Crippen LogP contribution in [0.1, 0.15) is 44.6 Å². The van der Waals surface area contributed by atoms with Gasteiger partial charge in [-0.25, -0.2) is 0 Å². The van der Waals surface area contributed by atoms with Crippen molar-refractivity contribution in [2.75, 3.05) is 34.4 Å². The quantitative estimate of drug-likeness (QED) is 0.747. The molecule has 2 fully saturated rings. The van der Waals surface area contributed by atoms with Crippen LogP contribution in [-0.2, 0) is 16.1 Å². The van der Waals surface area contributed by atoms with Crippen molar-refractivity contribution >= 4 is 5.91 Å². The van der Waals surface area contributed by atoms with Gasteiger partial charge in [0, 0.05) is 25.7 Å². The van der Waals surface area contributed by atoms with E-state index in [4.69, 9.17) is 14.2 Å². The normalized spacial score (nSPS) is 24.0. The molecule has 6 heteroatoms. The van der Waals surface area contributed by atoms with Crippen LogP contribution in [-0.4, -0.2) is 68.3 Å². The highest BCUT2D eigenvalue weighted by Crippen LogP contribution is 2.30. The number of hydrogen-bond donors (Lipinski definition) is 0. The van der Waals surface area contributed by atoms with Crippen LogP contribution >= 0.6 is 0 Å². The largest absolute Gasteiger partial charge is 0.493 e. The molecule has 1 aromatic carbocycles. The number of methoxy groups -OCH3 is 2. The molecule has 1 aliphatic heterocycles. The van der Waals surface area contributed by atoms with Crippen LogP contribution in [0.4, 0.5) is 0 Å². The molecule has 1 aliphatic carbocycles. The van der Waals surface area contributed by atoms with Gasteiger partial charge in [-0.05, 0) is 44.5 Å². The van der Waals surface area contributed by atoms with Gasteiger partial charge in [-0.15, -0.1) is 0 Å². The van der Waals surface area contributed by atoms with E-state index in [1.165, 1.54) is 19.3 Å². The Bertz CT molecular complexity index is 650. The van der Waals surface area contributed by atoms with Gasteiger partial charge in [0.2, 0.25) is 0 Å². The molecule has 2 atom stereocenters. The SMILES string of the molecule is COc1ccc(CN(C(=O)[C@@H]2CN(C)C[C@H](C)O2)C2CCCCC2)cc1OC. The number of amides is 1. The van der Waals surface area contributed by atoms with Gasteiger partial charge in [0.25, 0.3) is 5.91 Å². The fraction of sp³-hybridized carbons (Fsp3) is 0.682. The second kappa shape index (κ2) is 9.61. The maximum atomic E-state index is 13.5. The van der Waals surface area contributed by atoms with Gasteiger partial charge in [0.1, 0.15) is 6.10 Å². The van der Waals surface area contributed by atoms with E-state index in [1.807, 2.05) is 25.1 Å². The minimum Gasteiger partial charge on any atom is -0.493 e. The first-order valence-electron chi connectivity index (χ1n) is 10.4. The monoisotopic (exact) mass is 390 g/mol. The fourth-order valence-corrected chi connectivity index (χ4v) is 4.44. The van der Waals surface area contributed by atoms with Crippen LogP contribution in [0.25, 0.3) is 0 Å². The number of ether oxygens (including phenoxy) is 3. The van der Waals surface area contributed by atoms with E-state index in [0.717, 1.165) is 24.9 Å². The van der Waals surface area contributed by atoms with Gasteiger partial charge in [-0.3, -0.25) is 4.79 Å². The molecule has 1 saturated carbocycles. The lowest BCUT2D eigenvalue weighted by Gasteiger charge is -2.40. The average molecular weight is 391 g/mol. The smallest absolute Gasteiger partial charge is 0.253 e.